The summed E-state index contributed by atoms with van der Waals surface area (Å²) in [4.78, 5) is 38.5. The van der Waals surface area contributed by atoms with E-state index in [1.54, 1.807) is 18.2 Å². The van der Waals surface area contributed by atoms with E-state index in [9.17, 15) is 14.4 Å². The zero-order chi connectivity index (χ0) is 20.1. The number of hydrogen-bond acceptors (Lipinski definition) is 5. The molecule has 1 aromatic rings. The van der Waals surface area contributed by atoms with Crippen molar-refractivity contribution in [2.24, 2.45) is 5.92 Å². The third-order valence-electron chi connectivity index (χ3n) is 3.91. The number of urea groups is 1. The van der Waals surface area contributed by atoms with Crippen LogP contribution >= 0.6 is 23.2 Å². The SMILES string of the molecule is C#CCN1CC(=O)N(COC(=O)C(Nc2ccc(Cl)cc2Cl)C(C)C)C1=O. The summed E-state index contributed by atoms with van der Waals surface area (Å²) in [6.07, 6.45) is 5.17. The van der Waals surface area contributed by atoms with Crippen molar-refractivity contribution in [3.8, 4) is 12.3 Å². The molecule has 144 valence electrons. The van der Waals surface area contributed by atoms with Crippen molar-refractivity contribution in [2.75, 3.05) is 25.1 Å². The van der Waals surface area contributed by atoms with Gasteiger partial charge in [0, 0.05) is 5.02 Å². The first-order valence-electron chi connectivity index (χ1n) is 8.15. The fraction of sp³-hybridized carbons (Fsp3) is 0.389. The summed E-state index contributed by atoms with van der Waals surface area (Å²) in [5, 5.41) is 3.84. The van der Waals surface area contributed by atoms with Crippen molar-refractivity contribution >= 4 is 46.8 Å². The number of ether oxygens (including phenoxy) is 1. The van der Waals surface area contributed by atoms with E-state index in [0.717, 1.165) is 4.90 Å². The van der Waals surface area contributed by atoms with Crippen LogP contribution in [0.2, 0.25) is 10.0 Å². The molecule has 1 saturated heterocycles. The number of rotatable bonds is 7. The van der Waals surface area contributed by atoms with Crippen LogP contribution < -0.4 is 5.32 Å². The molecule has 2 rings (SSSR count). The number of nitrogens with one attached hydrogen (secondary N) is 1. The van der Waals surface area contributed by atoms with Gasteiger partial charge in [-0.25, -0.2) is 14.5 Å². The van der Waals surface area contributed by atoms with Gasteiger partial charge in [-0.1, -0.05) is 43.0 Å². The van der Waals surface area contributed by atoms with Gasteiger partial charge in [-0.2, -0.15) is 0 Å². The van der Waals surface area contributed by atoms with Crippen molar-refractivity contribution in [3.05, 3.63) is 28.2 Å². The van der Waals surface area contributed by atoms with Crippen LogP contribution in [-0.4, -0.2) is 53.6 Å². The third-order valence-corrected chi connectivity index (χ3v) is 4.46. The third kappa shape index (κ3) is 5.06. The first-order valence-corrected chi connectivity index (χ1v) is 8.91. The predicted molar refractivity (Wildman–Crippen MR) is 102 cm³/mol. The smallest absolute Gasteiger partial charge is 0.330 e. The zero-order valence-electron chi connectivity index (χ0n) is 14.9. The van der Waals surface area contributed by atoms with E-state index in [-0.39, 0.29) is 19.0 Å². The fourth-order valence-corrected chi connectivity index (χ4v) is 2.91. The van der Waals surface area contributed by atoms with Gasteiger partial charge in [0.25, 0.3) is 5.91 Å². The summed E-state index contributed by atoms with van der Waals surface area (Å²) in [5.74, 6) is 1.06. The number of amides is 3. The Morgan fingerprint density at radius 3 is 2.67 bits per heavy atom. The lowest BCUT2D eigenvalue weighted by Crippen LogP contribution is -2.41. The molecule has 0 spiro atoms. The Kier molecular flexibility index (Phi) is 6.94. The molecule has 7 nitrogen and oxygen atoms in total. The summed E-state index contributed by atoms with van der Waals surface area (Å²) >= 11 is 12.0. The molecule has 1 atom stereocenters. The molecule has 1 aromatic carbocycles. The maximum Gasteiger partial charge on any atom is 0.330 e. The Hall–Kier alpha value is -2.43. The van der Waals surface area contributed by atoms with E-state index in [2.05, 4.69) is 11.2 Å². The van der Waals surface area contributed by atoms with Crippen molar-refractivity contribution < 1.29 is 19.1 Å². The Morgan fingerprint density at radius 1 is 1.37 bits per heavy atom. The van der Waals surface area contributed by atoms with Crippen LogP contribution in [0.5, 0.6) is 0 Å². The van der Waals surface area contributed by atoms with E-state index in [4.69, 9.17) is 34.4 Å². The lowest BCUT2D eigenvalue weighted by molar-refractivity contribution is -0.150. The van der Waals surface area contributed by atoms with Gasteiger partial charge < -0.3 is 15.0 Å². The van der Waals surface area contributed by atoms with Gasteiger partial charge in [-0.3, -0.25) is 4.79 Å². The van der Waals surface area contributed by atoms with Crippen LogP contribution in [0, 0.1) is 18.3 Å². The number of nitrogens with zero attached hydrogens (tertiary/aromatic N) is 2. The van der Waals surface area contributed by atoms with Crippen molar-refractivity contribution in [1.82, 2.24) is 9.80 Å². The molecule has 0 aromatic heterocycles. The molecular weight excluding hydrogens is 393 g/mol. The number of anilines is 1. The second-order valence-corrected chi connectivity index (χ2v) is 7.09. The molecule has 27 heavy (non-hydrogen) atoms. The number of imide groups is 1. The molecule has 0 aliphatic carbocycles. The van der Waals surface area contributed by atoms with Crippen LogP contribution in [0.1, 0.15) is 13.8 Å². The largest absolute Gasteiger partial charge is 0.442 e. The van der Waals surface area contributed by atoms with Gasteiger partial charge in [0.1, 0.15) is 12.6 Å². The highest BCUT2D eigenvalue weighted by atomic mass is 35.5. The summed E-state index contributed by atoms with van der Waals surface area (Å²) in [6.45, 7) is 3.05. The number of carbonyl (C=O) groups excluding carboxylic acids is 3. The average molecular weight is 412 g/mol. The second kappa shape index (κ2) is 8.98. The van der Waals surface area contributed by atoms with Crippen LogP contribution in [0.4, 0.5) is 10.5 Å². The average Bonchev–Trinajstić information content (AvgIpc) is 2.85. The normalized spacial score (nSPS) is 15.1. The predicted octanol–water partition coefficient (Wildman–Crippen LogP) is 2.83. The molecule has 1 unspecified atom stereocenters. The topological polar surface area (TPSA) is 79.0 Å². The van der Waals surface area contributed by atoms with E-state index < -0.39 is 30.7 Å². The monoisotopic (exact) mass is 411 g/mol. The number of terminal acetylenes is 1. The number of hydrogen-bond donors (Lipinski definition) is 1. The quantitative estimate of drug-likeness (QED) is 0.423. The minimum Gasteiger partial charge on any atom is -0.442 e. The van der Waals surface area contributed by atoms with E-state index in [1.165, 1.54) is 4.90 Å². The summed E-state index contributed by atoms with van der Waals surface area (Å²) < 4.78 is 5.19. The van der Waals surface area contributed by atoms with E-state index in [0.29, 0.717) is 15.7 Å². The molecular formula is C18H19Cl2N3O4. The second-order valence-electron chi connectivity index (χ2n) is 6.25. The highest BCUT2D eigenvalue weighted by Gasteiger charge is 2.37. The molecule has 3 amide bonds. The molecule has 0 saturated carbocycles. The van der Waals surface area contributed by atoms with E-state index >= 15 is 0 Å². The van der Waals surface area contributed by atoms with Crippen LogP contribution in [0.15, 0.2) is 18.2 Å². The van der Waals surface area contributed by atoms with Crippen molar-refractivity contribution in [1.29, 1.82) is 0 Å². The summed E-state index contributed by atoms with van der Waals surface area (Å²) in [7, 11) is 0. The molecule has 0 bridgehead atoms. The highest BCUT2D eigenvalue weighted by Crippen LogP contribution is 2.27. The minimum atomic E-state index is -0.738. The zero-order valence-corrected chi connectivity index (χ0v) is 16.4. The van der Waals surface area contributed by atoms with Crippen molar-refractivity contribution in [2.45, 2.75) is 19.9 Å². The standard InChI is InChI=1S/C18H19Cl2N3O4/c1-4-7-22-9-15(24)23(18(22)26)10-27-17(25)16(11(2)3)21-14-6-5-12(19)8-13(14)20/h1,5-6,8,11,16,21H,7,9-10H2,2-3H3. The van der Waals surface area contributed by atoms with Gasteiger partial charge >= 0.3 is 12.0 Å². The van der Waals surface area contributed by atoms with Gasteiger partial charge in [0.2, 0.25) is 0 Å². The first kappa shape index (κ1) is 20.9. The number of benzene rings is 1. The highest BCUT2D eigenvalue weighted by molar-refractivity contribution is 6.36. The number of carbonyl (C=O) groups is 3. The first-order chi connectivity index (χ1) is 12.7. The molecule has 1 aliphatic rings. The Balaban J connectivity index is 2.02. The maximum absolute atomic E-state index is 12.5. The molecule has 1 heterocycles. The minimum absolute atomic E-state index is 0.0141. The number of halogens is 2. The van der Waals surface area contributed by atoms with Gasteiger partial charge in [0.05, 0.1) is 17.3 Å². The Bertz CT molecular complexity index is 791. The maximum atomic E-state index is 12.5. The summed E-state index contributed by atoms with van der Waals surface area (Å²) in [5.41, 5.74) is 0.519. The number of esters is 1. The Labute approximate surface area is 167 Å². The Morgan fingerprint density at radius 2 is 2.07 bits per heavy atom. The van der Waals surface area contributed by atoms with Gasteiger partial charge in [-0.05, 0) is 24.1 Å². The lowest BCUT2D eigenvalue weighted by atomic mass is 10.0. The van der Waals surface area contributed by atoms with E-state index in [1.807, 2.05) is 13.8 Å². The molecule has 1 fully saturated rings. The fourth-order valence-electron chi connectivity index (χ4n) is 2.44. The molecule has 9 heteroatoms. The van der Waals surface area contributed by atoms with Crippen molar-refractivity contribution in [3.63, 3.8) is 0 Å². The van der Waals surface area contributed by atoms with Gasteiger partial charge in [-0.15, -0.1) is 6.42 Å². The van der Waals surface area contributed by atoms with Crippen LogP contribution in [-0.2, 0) is 14.3 Å². The van der Waals surface area contributed by atoms with Crippen LogP contribution in [0.3, 0.4) is 0 Å². The summed E-state index contributed by atoms with van der Waals surface area (Å²) in [6, 6.07) is 3.52. The molecule has 1 N–H and O–H groups in total. The molecule has 1 aliphatic heterocycles. The van der Waals surface area contributed by atoms with Gasteiger partial charge in [0.15, 0.2) is 6.73 Å². The van der Waals surface area contributed by atoms with Crippen LogP contribution in [0.25, 0.3) is 0 Å². The lowest BCUT2D eigenvalue weighted by Gasteiger charge is -2.23. The molecule has 0 radical (unpaired) electrons.